The molecule has 0 bridgehead atoms. The van der Waals surface area contributed by atoms with Gasteiger partial charge in [-0.05, 0) is 30.3 Å². The lowest BCUT2D eigenvalue weighted by atomic mass is 10.1. The maximum absolute atomic E-state index is 13.3. The van der Waals surface area contributed by atoms with E-state index in [1.54, 1.807) is 0 Å². The number of aromatic nitrogens is 1. The van der Waals surface area contributed by atoms with E-state index in [0.717, 1.165) is 30.9 Å². The summed E-state index contributed by atoms with van der Waals surface area (Å²) < 4.78 is 33.8. The number of benzene rings is 1. The summed E-state index contributed by atoms with van der Waals surface area (Å²) in [5.41, 5.74) is 1.18. The van der Waals surface area contributed by atoms with Crippen LogP contribution in [0.4, 0.5) is 8.78 Å². The second kappa shape index (κ2) is 7.76. The molecule has 0 aliphatic carbocycles. The highest BCUT2D eigenvalue weighted by Crippen LogP contribution is 2.21. The van der Waals surface area contributed by atoms with E-state index in [1.807, 2.05) is 29.9 Å². The third-order valence-electron chi connectivity index (χ3n) is 4.45. The maximum Gasteiger partial charge on any atom is 0.251 e. The van der Waals surface area contributed by atoms with E-state index in [0.29, 0.717) is 19.8 Å². The number of nitrogens with one attached hydrogen (secondary N) is 1. The average Bonchev–Trinajstić information content (AvgIpc) is 3.04. The molecule has 0 saturated carbocycles. The number of morpholine rings is 1. The smallest absolute Gasteiger partial charge is 0.251 e. The van der Waals surface area contributed by atoms with E-state index >= 15 is 0 Å². The van der Waals surface area contributed by atoms with Gasteiger partial charge in [0.1, 0.15) is 0 Å². The van der Waals surface area contributed by atoms with Gasteiger partial charge >= 0.3 is 0 Å². The molecule has 1 aliphatic heterocycles. The monoisotopic (exact) mass is 349 g/mol. The molecule has 0 spiro atoms. The molecule has 0 unspecified atom stereocenters. The van der Waals surface area contributed by atoms with Crippen molar-refractivity contribution in [1.29, 1.82) is 0 Å². The zero-order valence-corrected chi connectivity index (χ0v) is 14.0. The van der Waals surface area contributed by atoms with Crippen LogP contribution in [0.5, 0.6) is 0 Å². The minimum absolute atomic E-state index is 0.0156. The number of carbonyl (C=O) groups excluding carboxylic acids is 1. The summed E-state index contributed by atoms with van der Waals surface area (Å²) in [6, 6.07) is 7.11. The van der Waals surface area contributed by atoms with Crippen LogP contribution in [0, 0.1) is 11.6 Å². The largest absolute Gasteiger partial charge is 0.379 e. The van der Waals surface area contributed by atoms with Crippen LogP contribution < -0.4 is 5.32 Å². The first-order valence-corrected chi connectivity index (χ1v) is 8.22. The number of hydrogen-bond acceptors (Lipinski definition) is 3. The van der Waals surface area contributed by atoms with E-state index in [4.69, 9.17) is 4.74 Å². The van der Waals surface area contributed by atoms with Crippen LogP contribution in [-0.4, -0.2) is 48.2 Å². The second-order valence-electron chi connectivity index (χ2n) is 6.05. The van der Waals surface area contributed by atoms with Crippen molar-refractivity contribution < 1.29 is 18.3 Å². The number of nitrogens with zero attached hydrogens (tertiary/aromatic N) is 2. The van der Waals surface area contributed by atoms with Gasteiger partial charge < -0.3 is 14.6 Å². The standard InChI is InChI=1S/C18H21F2N3O2/c1-22-6-2-3-16(22)17(23-7-9-25-10-8-23)12-21-18(24)13-4-5-14(19)15(20)11-13/h2-6,11,17H,7-10,12H2,1H3,(H,21,24)/t17-/m1/s1. The van der Waals surface area contributed by atoms with Crippen molar-refractivity contribution >= 4 is 5.91 Å². The second-order valence-corrected chi connectivity index (χ2v) is 6.05. The van der Waals surface area contributed by atoms with Gasteiger partial charge in [-0.3, -0.25) is 9.69 Å². The van der Waals surface area contributed by atoms with Crippen LogP contribution >= 0.6 is 0 Å². The predicted molar refractivity (Wildman–Crippen MR) is 89.2 cm³/mol. The van der Waals surface area contributed by atoms with Gasteiger partial charge in [-0.15, -0.1) is 0 Å². The number of rotatable bonds is 5. The highest BCUT2D eigenvalue weighted by atomic mass is 19.2. The first-order chi connectivity index (χ1) is 12.1. The highest BCUT2D eigenvalue weighted by molar-refractivity contribution is 5.94. The molecule has 1 aromatic carbocycles. The highest BCUT2D eigenvalue weighted by Gasteiger charge is 2.25. The van der Waals surface area contributed by atoms with Crippen molar-refractivity contribution in [3.63, 3.8) is 0 Å². The zero-order valence-electron chi connectivity index (χ0n) is 14.0. The number of ether oxygens (including phenoxy) is 1. The van der Waals surface area contributed by atoms with E-state index in [-0.39, 0.29) is 11.6 Å². The first kappa shape index (κ1) is 17.6. The Morgan fingerprint density at radius 3 is 2.64 bits per heavy atom. The Bertz CT molecular complexity index is 742. The summed E-state index contributed by atoms with van der Waals surface area (Å²) >= 11 is 0. The topological polar surface area (TPSA) is 46.5 Å². The fraction of sp³-hybridized carbons (Fsp3) is 0.389. The molecular formula is C18H21F2N3O2. The van der Waals surface area contributed by atoms with Gasteiger partial charge in [-0.25, -0.2) is 8.78 Å². The van der Waals surface area contributed by atoms with Gasteiger partial charge in [0, 0.05) is 44.1 Å². The van der Waals surface area contributed by atoms with Crippen LogP contribution in [-0.2, 0) is 11.8 Å². The molecule has 3 rings (SSSR count). The lowest BCUT2D eigenvalue weighted by molar-refractivity contribution is 0.0148. The lowest BCUT2D eigenvalue weighted by Gasteiger charge is -2.35. The van der Waals surface area contributed by atoms with Crippen molar-refractivity contribution in [2.45, 2.75) is 6.04 Å². The van der Waals surface area contributed by atoms with Gasteiger partial charge in [-0.1, -0.05) is 0 Å². The number of carbonyl (C=O) groups is 1. The SMILES string of the molecule is Cn1cccc1[C@@H](CNC(=O)c1ccc(F)c(F)c1)N1CCOCC1. The molecule has 25 heavy (non-hydrogen) atoms. The third-order valence-corrected chi connectivity index (χ3v) is 4.45. The number of hydrogen-bond donors (Lipinski definition) is 1. The molecule has 2 aromatic rings. The molecule has 1 saturated heterocycles. The molecule has 1 atom stereocenters. The van der Waals surface area contributed by atoms with Gasteiger partial charge in [0.05, 0.1) is 19.3 Å². The van der Waals surface area contributed by atoms with Crippen LogP contribution in [0.15, 0.2) is 36.5 Å². The van der Waals surface area contributed by atoms with Gasteiger partial charge in [-0.2, -0.15) is 0 Å². The fourth-order valence-electron chi connectivity index (χ4n) is 3.06. The Balaban J connectivity index is 1.72. The summed E-state index contributed by atoms with van der Waals surface area (Å²) in [6.07, 6.45) is 1.96. The number of amides is 1. The van der Waals surface area contributed by atoms with Crippen molar-refractivity contribution in [2.75, 3.05) is 32.8 Å². The van der Waals surface area contributed by atoms with Crippen LogP contribution in [0.2, 0.25) is 0 Å². The molecule has 1 aliphatic rings. The van der Waals surface area contributed by atoms with Gasteiger partial charge in [0.25, 0.3) is 5.91 Å². The Labute approximate surface area is 145 Å². The first-order valence-electron chi connectivity index (χ1n) is 8.22. The Hall–Kier alpha value is -2.25. The van der Waals surface area contributed by atoms with Crippen LogP contribution in [0.25, 0.3) is 0 Å². The summed E-state index contributed by atoms with van der Waals surface area (Å²) in [5.74, 6) is -2.42. The van der Waals surface area contributed by atoms with Crippen molar-refractivity contribution in [1.82, 2.24) is 14.8 Å². The van der Waals surface area contributed by atoms with E-state index < -0.39 is 17.5 Å². The molecule has 1 amide bonds. The van der Waals surface area contributed by atoms with Crippen molar-refractivity contribution in [2.24, 2.45) is 7.05 Å². The maximum atomic E-state index is 13.3. The van der Waals surface area contributed by atoms with E-state index in [9.17, 15) is 13.6 Å². The number of halogens is 2. The summed E-state index contributed by atoms with van der Waals surface area (Å²) in [4.78, 5) is 14.6. The van der Waals surface area contributed by atoms with Crippen molar-refractivity contribution in [3.05, 3.63) is 59.4 Å². The molecule has 1 N–H and O–H groups in total. The summed E-state index contributed by atoms with van der Waals surface area (Å²) in [7, 11) is 1.96. The van der Waals surface area contributed by atoms with E-state index in [2.05, 4.69) is 10.2 Å². The molecule has 5 nitrogen and oxygen atoms in total. The van der Waals surface area contributed by atoms with Crippen LogP contribution in [0.3, 0.4) is 0 Å². The molecule has 7 heteroatoms. The van der Waals surface area contributed by atoms with E-state index in [1.165, 1.54) is 6.07 Å². The van der Waals surface area contributed by atoms with Gasteiger partial charge in [0.15, 0.2) is 11.6 Å². The fourth-order valence-corrected chi connectivity index (χ4v) is 3.06. The summed E-state index contributed by atoms with van der Waals surface area (Å²) in [5, 5.41) is 2.83. The third kappa shape index (κ3) is 4.05. The molecule has 2 heterocycles. The minimum Gasteiger partial charge on any atom is -0.379 e. The Morgan fingerprint density at radius 1 is 1.24 bits per heavy atom. The number of aryl methyl sites for hydroxylation is 1. The Morgan fingerprint density at radius 2 is 2.00 bits per heavy atom. The van der Waals surface area contributed by atoms with Crippen molar-refractivity contribution in [3.8, 4) is 0 Å². The molecular weight excluding hydrogens is 328 g/mol. The molecule has 134 valence electrons. The van der Waals surface area contributed by atoms with Crippen LogP contribution in [0.1, 0.15) is 22.1 Å². The molecule has 1 fully saturated rings. The quantitative estimate of drug-likeness (QED) is 0.899. The minimum atomic E-state index is -1.03. The van der Waals surface area contributed by atoms with Gasteiger partial charge in [0.2, 0.25) is 0 Å². The lowest BCUT2D eigenvalue weighted by Crippen LogP contribution is -2.44. The predicted octanol–water partition coefficient (Wildman–Crippen LogP) is 2.11. The normalized spacial score (nSPS) is 16.6. The summed E-state index contributed by atoms with van der Waals surface area (Å²) in [6.45, 7) is 3.22. The molecule has 1 aromatic heterocycles. The average molecular weight is 349 g/mol. The Kier molecular flexibility index (Phi) is 5.45. The zero-order chi connectivity index (χ0) is 17.8. The molecule has 0 radical (unpaired) electrons.